The molecule has 2 rings (SSSR count). The van der Waals surface area contributed by atoms with Crippen LogP contribution in [0.4, 0.5) is 0 Å². The summed E-state index contributed by atoms with van der Waals surface area (Å²) in [6.45, 7) is 0.536. The van der Waals surface area contributed by atoms with Crippen molar-refractivity contribution in [3.63, 3.8) is 0 Å². The Kier molecular flexibility index (Phi) is 1.87. The number of aldehydes is 1. The summed E-state index contributed by atoms with van der Waals surface area (Å²) in [7, 11) is 0. The van der Waals surface area contributed by atoms with E-state index in [4.69, 9.17) is 4.74 Å². The molecule has 0 radical (unpaired) electrons. The highest BCUT2D eigenvalue weighted by Crippen LogP contribution is 2.37. The minimum atomic E-state index is -0.0515. The third kappa shape index (κ3) is 1.13. The predicted octanol–water partition coefficient (Wildman–Crippen LogP) is 0.775. The lowest BCUT2D eigenvalue weighted by atomic mass is 9.76. The van der Waals surface area contributed by atoms with Crippen LogP contribution in [-0.4, -0.2) is 18.9 Å². The van der Waals surface area contributed by atoms with Gasteiger partial charge in [-0.05, 0) is 19.3 Å². The Balaban J connectivity index is 2.03. The Bertz CT molecular complexity index is 212. The van der Waals surface area contributed by atoms with E-state index in [9.17, 15) is 9.59 Å². The molecule has 12 heavy (non-hydrogen) atoms. The van der Waals surface area contributed by atoms with Gasteiger partial charge in [-0.15, -0.1) is 0 Å². The normalized spacial score (nSPS) is 40.3. The highest BCUT2D eigenvalue weighted by molar-refractivity contribution is 5.75. The molecule has 0 aromatic rings. The summed E-state index contributed by atoms with van der Waals surface area (Å²) in [6.07, 6.45) is 3.56. The Morgan fingerprint density at radius 3 is 3.00 bits per heavy atom. The van der Waals surface area contributed by atoms with E-state index < -0.39 is 0 Å². The molecule has 1 heterocycles. The van der Waals surface area contributed by atoms with Crippen LogP contribution < -0.4 is 0 Å². The quantitative estimate of drug-likeness (QED) is 0.429. The lowest BCUT2D eigenvalue weighted by Crippen LogP contribution is -2.25. The molecule has 0 bridgehead atoms. The Morgan fingerprint density at radius 1 is 1.42 bits per heavy atom. The zero-order valence-electron chi connectivity index (χ0n) is 6.86. The minimum absolute atomic E-state index is 0.0515. The molecular formula is C9H12O3. The molecule has 3 atom stereocenters. The lowest BCUT2D eigenvalue weighted by Gasteiger charge is -2.24. The molecule has 1 saturated heterocycles. The fraction of sp³-hybridized carbons (Fsp3) is 0.778. The van der Waals surface area contributed by atoms with Gasteiger partial charge in [-0.1, -0.05) is 0 Å². The molecule has 0 amide bonds. The van der Waals surface area contributed by atoms with E-state index in [1.807, 2.05) is 0 Å². The van der Waals surface area contributed by atoms with Gasteiger partial charge in [0, 0.05) is 11.8 Å². The summed E-state index contributed by atoms with van der Waals surface area (Å²) in [6, 6.07) is 0. The topological polar surface area (TPSA) is 43.4 Å². The number of ether oxygens (including phenoxy) is 1. The average molecular weight is 168 g/mol. The number of carbonyl (C=O) groups is 2. The standard InChI is InChI=1S/C9H12O3/c10-4-6-1-2-8-7(3-6)5-12-9(8)11/h4,6-8H,1-3,5H2. The molecule has 1 saturated carbocycles. The first-order valence-corrected chi connectivity index (χ1v) is 4.43. The Hall–Kier alpha value is -0.860. The van der Waals surface area contributed by atoms with Crippen LogP contribution in [0.1, 0.15) is 19.3 Å². The molecule has 3 heteroatoms. The first-order chi connectivity index (χ1) is 5.81. The summed E-state index contributed by atoms with van der Waals surface area (Å²) in [5, 5.41) is 0. The van der Waals surface area contributed by atoms with Crippen molar-refractivity contribution < 1.29 is 14.3 Å². The van der Waals surface area contributed by atoms with Crippen molar-refractivity contribution in [3.8, 4) is 0 Å². The lowest BCUT2D eigenvalue weighted by molar-refractivity contribution is -0.141. The molecule has 0 aromatic heterocycles. The number of hydrogen-bond donors (Lipinski definition) is 0. The molecular weight excluding hydrogens is 156 g/mol. The van der Waals surface area contributed by atoms with Crippen LogP contribution in [0.2, 0.25) is 0 Å². The van der Waals surface area contributed by atoms with Gasteiger partial charge in [-0.2, -0.15) is 0 Å². The minimum Gasteiger partial charge on any atom is -0.465 e. The highest BCUT2D eigenvalue weighted by Gasteiger charge is 2.40. The molecule has 0 spiro atoms. The fourth-order valence-electron chi connectivity index (χ4n) is 2.21. The highest BCUT2D eigenvalue weighted by atomic mass is 16.5. The van der Waals surface area contributed by atoms with E-state index in [2.05, 4.69) is 0 Å². The maximum absolute atomic E-state index is 11.1. The molecule has 66 valence electrons. The van der Waals surface area contributed by atoms with Crippen molar-refractivity contribution in [1.82, 2.24) is 0 Å². The van der Waals surface area contributed by atoms with E-state index >= 15 is 0 Å². The number of carbonyl (C=O) groups excluding carboxylic acids is 2. The second-order valence-electron chi connectivity index (χ2n) is 3.71. The van der Waals surface area contributed by atoms with Gasteiger partial charge in [-0.3, -0.25) is 4.79 Å². The van der Waals surface area contributed by atoms with E-state index in [1.54, 1.807) is 0 Å². The van der Waals surface area contributed by atoms with Gasteiger partial charge in [-0.25, -0.2) is 0 Å². The van der Waals surface area contributed by atoms with Crippen LogP contribution in [0.15, 0.2) is 0 Å². The summed E-state index contributed by atoms with van der Waals surface area (Å²) >= 11 is 0. The Labute approximate surface area is 71.1 Å². The molecule has 0 aromatic carbocycles. The van der Waals surface area contributed by atoms with E-state index in [0.29, 0.717) is 12.5 Å². The maximum atomic E-state index is 11.1. The molecule has 1 aliphatic heterocycles. The van der Waals surface area contributed by atoms with Gasteiger partial charge in [0.05, 0.1) is 12.5 Å². The second kappa shape index (κ2) is 2.88. The van der Waals surface area contributed by atoms with Crippen molar-refractivity contribution in [2.75, 3.05) is 6.61 Å². The van der Waals surface area contributed by atoms with Gasteiger partial charge in [0.1, 0.15) is 6.29 Å². The van der Waals surface area contributed by atoms with Crippen molar-refractivity contribution in [1.29, 1.82) is 0 Å². The average Bonchev–Trinajstić information content (AvgIpc) is 2.47. The van der Waals surface area contributed by atoms with Crippen LogP contribution in [0.25, 0.3) is 0 Å². The largest absolute Gasteiger partial charge is 0.465 e. The Morgan fingerprint density at radius 2 is 2.25 bits per heavy atom. The number of esters is 1. The molecule has 2 fully saturated rings. The first-order valence-electron chi connectivity index (χ1n) is 4.43. The maximum Gasteiger partial charge on any atom is 0.309 e. The van der Waals surface area contributed by atoms with Crippen molar-refractivity contribution >= 4 is 12.3 Å². The zero-order valence-corrected chi connectivity index (χ0v) is 6.86. The summed E-state index contributed by atoms with van der Waals surface area (Å²) in [4.78, 5) is 21.6. The van der Waals surface area contributed by atoms with E-state index in [0.717, 1.165) is 25.5 Å². The monoisotopic (exact) mass is 168 g/mol. The summed E-state index contributed by atoms with van der Waals surface area (Å²) in [5.41, 5.74) is 0. The second-order valence-corrected chi connectivity index (χ2v) is 3.71. The summed E-state index contributed by atoms with van der Waals surface area (Å²) < 4.78 is 4.94. The van der Waals surface area contributed by atoms with Crippen molar-refractivity contribution in [3.05, 3.63) is 0 Å². The van der Waals surface area contributed by atoms with Crippen molar-refractivity contribution in [2.24, 2.45) is 17.8 Å². The van der Waals surface area contributed by atoms with Gasteiger partial charge in [0.25, 0.3) is 0 Å². The van der Waals surface area contributed by atoms with E-state index in [-0.39, 0.29) is 17.8 Å². The molecule has 0 N–H and O–H groups in total. The zero-order chi connectivity index (χ0) is 8.55. The van der Waals surface area contributed by atoms with Crippen molar-refractivity contribution in [2.45, 2.75) is 19.3 Å². The fourth-order valence-corrected chi connectivity index (χ4v) is 2.21. The number of cyclic esters (lactones) is 1. The van der Waals surface area contributed by atoms with Crippen LogP contribution in [0, 0.1) is 17.8 Å². The third-order valence-corrected chi connectivity index (χ3v) is 2.96. The first kappa shape index (κ1) is 7.77. The number of hydrogen-bond acceptors (Lipinski definition) is 3. The van der Waals surface area contributed by atoms with E-state index in [1.165, 1.54) is 0 Å². The van der Waals surface area contributed by atoms with Crippen LogP contribution in [0.3, 0.4) is 0 Å². The smallest absolute Gasteiger partial charge is 0.309 e. The van der Waals surface area contributed by atoms with Gasteiger partial charge >= 0.3 is 5.97 Å². The third-order valence-electron chi connectivity index (χ3n) is 2.96. The van der Waals surface area contributed by atoms with Gasteiger partial charge < -0.3 is 9.53 Å². The molecule has 1 aliphatic carbocycles. The summed E-state index contributed by atoms with van der Waals surface area (Å²) in [5.74, 6) is 0.535. The molecule has 3 nitrogen and oxygen atoms in total. The number of fused-ring (bicyclic) bond motifs is 1. The molecule has 3 unspecified atom stereocenters. The predicted molar refractivity (Wildman–Crippen MR) is 41.3 cm³/mol. The SMILES string of the molecule is O=CC1CCC2C(=O)OCC2C1. The number of rotatable bonds is 1. The molecule has 2 aliphatic rings. The van der Waals surface area contributed by atoms with Crippen LogP contribution >= 0.6 is 0 Å². The van der Waals surface area contributed by atoms with Gasteiger partial charge in [0.15, 0.2) is 0 Å². The van der Waals surface area contributed by atoms with Crippen LogP contribution in [0.5, 0.6) is 0 Å². The van der Waals surface area contributed by atoms with Gasteiger partial charge in [0.2, 0.25) is 0 Å². The van der Waals surface area contributed by atoms with Crippen LogP contribution in [-0.2, 0) is 14.3 Å².